The lowest BCUT2D eigenvalue weighted by atomic mass is 10.1. The van der Waals surface area contributed by atoms with Crippen molar-refractivity contribution in [1.29, 1.82) is 0 Å². The first-order chi connectivity index (χ1) is 8.97. The first kappa shape index (κ1) is 13.2. The summed E-state index contributed by atoms with van der Waals surface area (Å²) in [6.07, 6.45) is 4.46. The molecular formula is C13H15N3O3. The Morgan fingerprint density at radius 1 is 1.53 bits per heavy atom. The number of oxazole rings is 1. The summed E-state index contributed by atoms with van der Waals surface area (Å²) < 4.78 is 5.18. The number of nitrogens with one attached hydrogen (secondary N) is 1. The summed E-state index contributed by atoms with van der Waals surface area (Å²) in [4.78, 5) is 19.7. The largest absolute Gasteiger partial charge is 0.447 e. The Bertz CT molecular complexity index is 558. The fourth-order valence-corrected chi connectivity index (χ4v) is 1.43. The van der Waals surface area contributed by atoms with Gasteiger partial charge in [-0.1, -0.05) is 0 Å². The maximum atomic E-state index is 11.8. The highest BCUT2D eigenvalue weighted by Crippen LogP contribution is 2.18. The van der Waals surface area contributed by atoms with E-state index >= 15 is 0 Å². The van der Waals surface area contributed by atoms with Crippen LogP contribution >= 0.6 is 0 Å². The molecule has 1 amide bonds. The molecule has 0 bridgehead atoms. The molecule has 2 rings (SSSR count). The topological polar surface area (TPSA) is 88.3 Å². The molecule has 2 aromatic rings. The number of hydrogen-bond donors (Lipinski definition) is 2. The summed E-state index contributed by atoms with van der Waals surface area (Å²) in [5.41, 5.74) is -0.162. The molecule has 0 atom stereocenters. The van der Waals surface area contributed by atoms with E-state index in [2.05, 4.69) is 15.3 Å². The molecule has 0 fully saturated rings. The van der Waals surface area contributed by atoms with E-state index in [9.17, 15) is 9.90 Å². The zero-order valence-electron chi connectivity index (χ0n) is 10.8. The number of nitrogens with zero attached hydrogens (tertiary/aromatic N) is 2. The third-order valence-corrected chi connectivity index (χ3v) is 2.50. The van der Waals surface area contributed by atoms with Crippen LogP contribution in [0, 0.1) is 0 Å². The van der Waals surface area contributed by atoms with Gasteiger partial charge in [-0.05, 0) is 26.0 Å². The molecule has 0 aliphatic heterocycles. The number of aliphatic hydroxyl groups is 1. The Hall–Kier alpha value is -2.21. The fraction of sp³-hybridized carbons (Fsp3) is 0.308. The molecule has 0 aliphatic rings. The quantitative estimate of drug-likeness (QED) is 0.864. The van der Waals surface area contributed by atoms with Gasteiger partial charge in [0.2, 0.25) is 5.89 Å². The smallest absolute Gasteiger partial charge is 0.253 e. The Balaban J connectivity index is 1.96. The van der Waals surface area contributed by atoms with Gasteiger partial charge in [0.1, 0.15) is 17.6 Å². The predicted molar refractivity (Wildman–Crippen MR) is 67.2 cm³/mol. The number of aromatic nitrogens is 2. The third-order valence-electron chi connectivity index (χ3n) is 2.50. The van der Waals surface area contributed by atoms with Crippen molar-refractivity contribution < 1.29 is 14.3 Å². The highest BCUT2D eigenvalue weighted by atomic mass is 16.3. The van der Waals surface area contributed by atoms with Crippen molar-refractivity contribution in [3.05, 3.63) is 47.9 Å². The second-order valence-corrected chi connectivity index (χ2v) is 4.61. The monoisotopic (exact) mass is 261 g/mol. The summed E-state index contributed by atoms with van der Waals surface area (Å²) in [6, 6.07) is 3.35. The van der Waals surface area contributed by atoms with E-state index in [4.69, 9.17) is 4.42 Å². The minimum atomic E-state index is -1.06. The Labute approximate surface area is 110 Å². The van der Waals surface area contributed by atoms with Gasteiger partial charge in [0, 0.05) is 12.4 Å². The van der Waals surface area contributed by atoms with Gasteiger partial charge in [0.25, 0.3) is 5.91 Å². The van der Waals surface area contributed by atoms with E-state index in [1.807, 2.05) is 0 Å². The van der Waals surface area contributed by atoms with Gasteiger partial charge in [0.05, 0.1) is 12.1 Å². The van der Waals surface area contributed by atoms with Crippen molar-refractivity contribution in [1.82, 2.24) is 15.3 Å². The molecular weight excluding hydrogens is 246 g/mol. The average molecular weight is 261 g/mol. The molecule has 0 saturated carbocycles. The standard InChI is InChI=1S/C13H15N3O3/c1-13(2,18)10-8-19-11(16-10)7-15-12(17)9-4-3-5-14-6-9/h3-6,8,18H,7H2,1-2H3,(H,15,17). The van der Waals surface area contributed by atoms with E-state index in [-0.39, 0.29) is 12.5 Å². The summed E-state index contributed by atoms with van der Waals surface area (Å²) >= 11 is 0. The van der Waals surface area contributed by atoms with Gasteiger partial charge in [0.15, 0.2) is 0 Å². The van der Waals surface area contributed by atoms with Crippen LogP contribution < -0.4 is 5.32 Å². The van der Waals surface area contributed by atoms with Crippen LogP contribution in [0.5, 0.6) is 0 Å². The lowest BCUT2D eigenvalue weighted by Gasteiger charge is -2.11. The van der Waals surface area contributed by atoms with Crippen molar-refractivity contribution in [2.45, 2.75) is 26.0 Å². The molecule has 2 N–H and O–H groups in total. The van der Waals surface area contributed by atoms with Crippen molar-refractivity contribution in [3.63, 3.8) is 0 Å². The van der Waals surface area contributed by atoms with Crippen LogP contribution in [0.3, 0.4) is 0 Å². The van der Waals surface area contributed by atoms with E-state index in [1.54, 1.807) is 32.2 Å². The van der Waals surface area contributed by atoms with Crippen LogP contribution in [0.4, 0.5) is 0 Å². The maximum absolute atomic E-state index is 11.8. The number of rotatable bonds is 4. The van der Waals surface area contributed by atoms with Crippen LogP contribution in [-0.2, 0) is 12.1 Å². The Morgan fingerprint density at radius 2 is 2.32 bits per heavy atom. The average Bonchev–Trinajstić information content (AvgIpc) is 2.86. The SMILES string of the molecule is CC(C)(O)c1coc(CNC(=O)c2cccnc2)n1. The number of pyridine rings is 1. The van der Waals surface area contributed by atoms with Crippen molar-refractivity contribution in [3.8, 4) is 0 Å². The molecule has 0 saturated heterocycles. The van der Waals surface area contributed by atoms with E-state index in [1.165, 1.54) is 12.5 Å². The third kappa shape index (κ3) is 3.38. The molecule has 6 nitrogen and oxygen atoms in total. The predicted octanol–water partition coefficient (Wildman–Crippen LogP) is 1.23. The van der Waals surface area contributed by atoms with Crippen LogP contribution in [0.15, 0.2) is 35.2 Å². The van der Waals surface area contributed by atoms with Crippen LogP contribution in [-0.4, -0.2) is 21.0 Å². The number of carbonyl (C=O) groups is 1. The highest BCUT2D eigenvalue weighted by molar-refractivity contribution is 5.93. The zero-order valence-corrected chi connectivity index (χ0v) is 10.8. The maximum Gasteiger partial charge on any atom is 0.253 e. The van der Waals surface area contributed by atoms with Crippen LogP contribution in [0.1, 0.15) is 35.8 Å². The van der Waals surface area contributed by atoms with Gasteiger partial charge in [-0.2, -0.15) is 0 Å². The molecule has 2 heterocycles. The Morgan fingerprint density at radius 3 is 2.89 bits per heavy atom. The molecule has 0 radical (unpaired) electrons. The molecule has 100 valence electrons. The zero-order chi connectivity index (χ0) is 13.9. The summed E-state index contributed by atoms with van der Waals surface area (Å²) in [5.74, 6) is 0.0884. The molecule has 0 aromatic carbocycles. The lowest BCUT2D eigenvalue weighted by Crippen LogP contribution is -2.23. The minimum absolute atomic E-state index is 0.157. The molecule has 2 aromatic heterocycles. The summed E-state index contributed by atoms with van der Waals surface area (Å²) in [5, 5.41) is 12.4. The van der Waals surface area contributed by atoms with Crippen molar-refractivity contribution in [2.24, 2.45) is 0 Å². The lowest BCUT2D eigenvalue weighted by molar-refractivity contribution is 0.0737. The van der Waals surface area contributed by atoms with Gasteiger partial charge in [-0.3, -0.25) is 9.78 Å². The van der Waals surface area contributed by atoms with E-state index in [0.717, 1.165) is 0 Å². The number of carbonyl (C=O) groups excluding carboxylic acids is 1. The van der Waals surface area contributed by atoms with Crippen molar-refractivity contribution >= 4 is 5.91 Å². The van der Waals surface area contributed by atoms with Gasteiger partial charge in [-0.25, -0.2) is 4.98 Å². The second kappa shape index (κ2) is 5.19. The van der Waals surface area contributed by atoms with E-state index in [0.29, 0.717) is 17.1 Å². The second-order valence-electron chi connectivity index (χ2n) is 4.61. The van der Waals surface area contributed by atoms with Gasteiger partial charge < -0.3 is 14.8 Å². The molecule has 6 heteroatoms. The number of amides is 1. The summed E-state index contributed by atoms with van der Waals surface area (Å²) in [6.45, 7) is 3.38. The minimum Gasteiger partial charge on any atom is -0.447 e. The fourth-order valence-electron chi connectivity index (χ4n) is 1.43. The van der Waals surface area contributed by atoms with E-state index < -0.39 is 5.60 Å². The highest BCUT2D eigenvalue weighted by Gasteiger charge is 2.20. The first-order valence-corrected chi connectivity index (χ1v) is 5.82. The number of hydrogen-bond acceptors (Lipinski definition) is 5. The van der Waals surface area contributed by atoms with Gasteiger partial charge in [-0.15, -0.1) is 0 Å². The molecule has 0 spiro atoms. The molecule has 0 unspecified atom stereocenters. The van der Waals surface area contributed by atoms with Crippen LogP contribution in [0.2, 0.25) is 0 Å². The Kier molecular flexibility index (Phi) is 3.62. The summed E-state index contributed by atoms with van der Waals surface area (Å²) in [7, 11) is 0. The normalized spacial score (nSPS) is 11.3. The van der Waals surface area contributed by atoms with Crippen molar-refractivity contribution in [2.75, 3.05) is 0 Å². The van der Waals surface area contributed by atoms with Crippen LogP contribution in [0.25, 0.3) is 0 Å². The molecule has 19 heavy (non-hydrogen) atoms. The van der Waals surface area contributed by atoms with Gasteiger partial charge >= 0.3 is 0 Å². The first-order valence-electron chi connectivity index (χ1n) is 5.82. The molecule has 0 aliphatic carbocycles.